The third kappa shape index (κ3) is 3.50. The van der Waals surface area contributed by atoms with E-state index in [0.29, 0.717) is 42.7 Å². The van der Waals surface area contributed by atoms with Gasteiger partial charge in [-0.15, -0.1) is 0 Å². The summed E-state index contributed by atoms with van der Waals surface area (Å²) in [5.74, 6) is -0.398. The van der Waals surface area contributed by atoms with Gasteiger partial charge in [0, 0.05) is 6.04 Å². The number of ether oxygens (including phenoxy) is 2. The zero-order chi connectivity index (χ0) is 16.1. The summed E-state index contributed by atoms with van der Waals surface area (Å²) < 4.78 is 10.5. The molecule has 1 aliphatic rings. The highest BCUT2D eigenvalue weighted by atomic mass is 16.5. The summed E-state index contributed by atoms with van der Waals surface area (Å²) in [7, 11) is 3.01. The van der Waals surface area contributed by atoms with Crippen LogP contribution in [0.15, 0.2) is 18.2 Å². The molecule has 0 radical (unpaired) electrons. The molecule has 1 saturated carbocycles. The van der Waals surface area contributed by atoms with Gasteiger partial charge in [-0.2, -0.15) is 0 Å². The van der Waals surface area contributed by atoms with E-state index in [1.807, 2.05) is 0 Å². The molecule has 0 atom stereocenters. The Bertz CT molecular complexity index is 527. The Hall–Kier alpha value is -2.24. The highest BCUT2D eigenvalue weighted by Gasteiger charge is 2.28. The van der Waals surface area contributed by atoms with Gasteiger partial charge in [-0.05, 0) is 37.8 Å². The second-order valence-electron chi connectivity index (χ2n) is 5.40. The number of aliphatic carboxylic acids is 1. The van der Waals surface area contributed by atoms with Crippen LogP contribution in [0.5, 0.6) is 11.5 Å². The quantitative estimate of drug-likeness (QED) is 0.870. The van der Waals surface area contributed by atoms with Crippen LogP contribution in [0.2, 0.25) is 0 Å². The minimum atomic E-state index is -0.754. The molecule has 1 amide bonds. The van der Waals surface area contributed by atoms with Gasteiger partial charge in [0.25, 0.3) is 5.91 Å². The van der Waals surface area contributed by atoms with Gasteiger partial charge in [-0.1, -0.05) is 6.07 Å². The van der Waals surface area contributed by atoms with Crippen molar-refractivity contribution in [1.29, 1.82) is 0 Å². The fraction of sp³-hybridized carbons (Fsp3) is 0.500. The summed E-state index contributed by atoms with van der Waals surface area (Å²) in [5, 5.41) is 12.0. The van der Waals surface area contributed by atoms with Gasteiger partial charge in [-0.25, -0.2) is 0 Å². The first-order chi connectivity index (χ1) is 10.6. The number of methoxy groups -OCH3 is 2. The number of carboxylic acids is 1. The Kier molecular flexibility index (Phi) is 5.25. The van der Waals surface area contributed by atoms with Crippen molar-refractivity contribution in [2.75, 3.05) is 14.2 Å². The molecule has 22 heavy (non-hydrogen) atoms. The van der Waals surface area contributed by atoms with E-state index in [-0.39, 0.29) is 17.9 Å². The van der Waals surface area contributed by atoms with E-state index in [1.54, 1.807) is 18.2 Å². The molecule has 0 aliphatic heterocycles. The molecule has 6 heteroatoms. The molecule has 0 aromatic heterocycles. The van der Waals surface area contributed by atoms with Crippen LogP contribution < -0.4 is 14.8 Å². The van der Waals surface area contributed by atoms with Crippen molar-refractivity contribution in [2.45, 2.75) is 31.7 Å². The molecule has 0 bridgehead atoms. The van der Waals surface area contributed by atoms with Gasteiger partial charge < -0.3 is 19.9 Å². The predicted molar refractivity (Wildman–Crippen MR) is 80.4 cm³/mol. The van der Waals surface area contributed by atoms with Crippen molar-refractivity contribution < 1.29 is 24.2 Å². The van der Waals surface area contributed by atoms with Crippen molar-refractivity contribution in [2.24, 2.45) is 5.92 Å². The number of carbonyl (C=O) groups is 2. The van der Waals surface area contributed by atoms with E-state index in [9.17, 15) is 9.59 Å². The minimum absolute atomic E-state index is 0.0160. The van der Waals surface area contributed by atoms with Crippen LogP contribution in [0.1, 0.15) is 36.0 Å². The van der Waals surface area contributed by atoms with E-state index in [0.717, 1.165) is 0 Å². The van der Waals surface area contributed by atoms with Crippen molar-refractivity contribution in [3.8, 4) is 11.5 Å². The van der Waals surface area contributed by atoms with Crippen LogP contribution in [0, 0.1) is 5.92 Å². The number of amides is 1. The van der Waals surface area contributed by atoms with E-state index in [4.69, 9.17) is 14.6 Å². The SMILES string of the molecule is COc1cccc(OC)c1C(=O)NC1CCC(C(=O)O)CC1. The monoisotopic (exact) mass is 307 g/mol. The number of carbonyl (C=O) groups excluding carboxylic acids is 1. The Morgan fingerprint density at radius 3 is 2.09 bits per heavy atom. The van der Waals surface area contributed by atoms with Gasteiger partial charge in [0.2, 0.25) is 0 Å². The molecule has 2 N–H and O–H groups in total. The Morgan fingerprint density at radius 1 is 1.09 bits per heavy atom. The first kappa shape index (κ1) is 16.1. The molecule has 0 spiro atoms. The molecular formula is C16H21NO5. The van der Waals surface area contributed by atoms with E-state index < -0.39 is 5.97 Å². The maximum atomic E-state index is 12.5. The molecule has 1 aliphatic carbocycles. The molecule has 0 heterocycles. The molecule has 0 unspecified atom stereocenters. The van der Waals surface area contributed by atoms with Crippen LogP contribution in [0.3, 0.4) is 0 Å². The van der Waals surface area contributed by atoms with Crippen LogP contribution in [0.4, 0.5) is 0 Å². The first-order valence-electron chi connectivity index (χ1n) is 7.31. The summed E-state index contributed by atoms with van der Waals surface area (Å²) in [6, 6.07) is 5.15. The number of nitrogens with one attached hydrogen (secondary N) is 1. The van der Waals surface area contributed by atoms with Crippen LogP contribution in [0.25, 0.3) is 0 Å². The number of hydrogen-bond acceptors (Lipinski definition) is 4. The zero-order valence-corrected chi connectivity index (χ0v) is 12.8. The van der Waals surface area contributed by atoms with Crippen molar-refractivity contribution in [3.63, 3.8) is 0 Å². The molecule has 0 saturated heterocycles. The average Bonchev–Trinajstić information content (AvgIpc) is 2.54. The van der Waals surface area contributed by atoms with Crippen LogP contribution in [-0.2, 0) is 4.79 Å². The third-order valence-corrected chi connectivity index (χ3v) is 4.07. The normalized spacial score (nSPS) is 21.0. The number of hydrogen-bond donors (Lipinski definition) is 2. The van der Waals surface area contributed by atoms with E-state index >= 15 is 0 Å². The zero-order valence-electron chi connectivity index (χ0n) is 12.8. The van der Waals surface area contributed by atoms with Gasteiger partial charge >= 0.3 is 5.97 Å². The van der Waals surface area contributed by atoms with E-state index in [2.05, 4.69) is 5.32 Å². The smallest absolute Gasteiger partial charge is 0.306 e. The summed E-state index contributed by atoms with van der Waals surface area (Å²) in [4.78, 5) is 23.5. The Balaban J connectivity index is 2.06. The highest BCUT2D eigenvalue weighted by Crippen LogP contribution is 2.29. The second kappa shape index (κ2) is 7.15. The van der Waals surface area contributed by atoms with E-state index in [1.165, 1.54) is 14.2 Å². The van der Waals surface area contributed by atoms with Gasteiger partial charge in [0.1, 0.15) is 17.1 Å². The summed E-state index contributed by atoms with van der Waals surface area (Å²) in [6.45, 7) is 0. The van der Waals surface area contributed by atoms with Crippen LogP contribution >= 0.6 is 0 Å². The molecule has 1 aromatic carbocycles. The lowest BCUT2D eigenvalue weighted by atomic mass is 9.86. The summed E-state index contributed by atoms with van der Waals surface area (Å²) in [6.07, 6.45) is 2.51. The fourth-order valence-electron chi connectivity index (χ4n) is 2.82. The summed E-state index contributed by atoms with van der Waals surface area (Å²) >= 11 is 0. The number of rotatable bonds is 5. The fourth-order valence-corrected chi connectivity index (χ4v) is 2.82. The Morgan fingerprint density at radius 2 is 1.64 bits per heavy atom. The van der Waals surface area contributed by atoms with Gasteiger partial charge in [0.05, 0.1) is 20.1 Å². The second-order valence-corrected chi connectivity index (χ2v) is 5.40. The topological polar surface area (TPSA) is 84.9 Å². The van der Waals surface area contributed by atoms with Gasteiger partial charge in [0.15, 0.2) is 0 Å². The standard InChI is InChI=1S/C16H21NO5/c1-21-12-4-3-5-13(22-2)14(12)15(18)17-11-8-6-10(7-9-11)16(19)20/h3-5,10-11H,6-9H2,1-2H3,(H,17,18)(H,19,20). The van der Waals surface area contributed by atoms with Crippen LogP contribution in [-0.4, -0.2) is 37.2 Å². The Labute approximate surface area is 129 Å². The molecule has 1 fully saturated rings. The summed E-state index contributed by atoms with van der Waals surface area (Å²) in [5.41, 5.74) is 0.368. The average molecular weight is 307 g/mol. The third-order valence-electron chi connectivity index (χ3n) is 4.07. The van der Waals surface area contributed by atoms with Crippen molar-refractivity contribution in [1.82, 2.24) is 5.32 Å². The maximum absolute atomic E-state index is 12.5. The molecular weight excluding hydrogens is 286 g/mol. The van der Waals surface area contributed by atoms with Crippen molar-refractivity contribution in [3.05, 3.63) is 23.8 Å². The lowest BCUT2D eigenvalue weighted by molar-refractivity contribution is -0.142. The molecule has 120 valence electrons. The number of carboxylic acid groups (broad SMARTS) is 1. The minimum Gasteiger partial charge on any atom is -0.496 e. The maximum Gasteiger partial charge on any atom is 0.306 e. The lowest BCUT2D eigenvalue weighted by Gasteiger charge is -2.27. The number of benzene rings is 1. The van der Waals surface area contributed by atoms with Gasteiger partial charge in [-0.3, -0.25) is 9.59 Å². The highest BCUT2D eigenvalue weighted by molar-refractivity contribution is 5.99. The molecule has 1 aromatic rings. The van der Waals surface area contributed by atoms with Crippen molar-refractivity contribution >= 4 is 11.9 Å². The largest absolute Gasteiger partial charge is 0.496 e. The first-order valence-corrected chi connectivity index (χ1v) is 7.31. The molecule has 2 rings (SSSR count). The predicted octanol–water partition coefficient (Wildman–Crippen LogP) is 2.08. The molecule has 6 nitrogen and oxygen atoms in total. The lowest BCUT2D eigenvalue weighted by Crippen LogP contribution is -2.39.